The SMILES string of the molecule is CCOc1cccc(SCCN(C)C)c1NC(=O)c1ccc(Cl)c(C(F)(F)F)c1. The molecule has 1 amide bonds. The lowest BCUT2D eigenvalue weighted by Crippen LogP contribution is -2.16. The van der Waals surface area contributed by atoms with Crippen LogP contribution >= 0.6 is 23.4 Å². The number of halogens is 4. The van der Waals surface area contributed by atoms with Crippen LogP contribution in [-0.4, -0.2) is 43.8 Å². The summed E-state index contributed by atoms with van der Waals surface area (Å²) in [4.78, 5) is 15.5. The number of ether oxygens (including phenoxy) is 1. The smallest absolute Gasteiger partial charge is 0.417 e. The van der Waals surface area contributed by atoms with E-state index in [4.69, 9.17) is 16.3 Å². The van der Waals surface area contributed by atoms with Gasteiger partial charge in [-0.15, -0.1) is 11.8 Å². The van der Waals surface area contributed by atoms with Crippen LogP contribution in [0.1, 0.15) is 22.8 Å². The first kappa shape index (κ1) is 23.4. The average molecular weight is 447 g/mol. The van der Waals surface area contributed by atoms with Gasteiger partial charge in [-0.05, 0) is 51.4 Å². The zero-order chi connectivity index (χ0) is 21.6. The van der Waals surface area contributed by atoms with E-state index in [1.807, 2.05) is 38.1 Å². The van der Waals surface area contributed by atoms with Crippen molar-refractivity contribution in [1.29, 1.82) is 0 Å². The molecule has 9 heteroatoms. The Kier molecular flexibility index (Phi) is 8.24. The maximum Gasteiger partial charge on any atom is 0.417 e. The Labute approximate surface area is 177 Å². The lowest BCUT2D eigenvalue weighted by molar-refractivity contribution is -0.137. The first-order chi connectivity index (χ1) is 13.6. The quantitative estimate of drug-likeness (QED) is 0.531. The normalized spacial score (nSPS) is 11.6. The molecule has 0 aliphatic rings. The van der Waals surface area contributed by atoms with Gasteiger partial charge < -0.3 is 15.0 Å². The number of para-hydroxylation sites is 1. The molecule has 2 aromatic carbocycles. The van der Waals surface area contributed by atoms with E-state index in [1.54, 1.807) is 6.07 Å². The number of hydrogen-bond donors (Lipinski definition) is 1. The summed E-state index contributed by atoms with van der Waals surface area (Å²) in [6, 6.07) is 8.43. The molecule has 0 aromatic heterocycles. The van der Waals surface area contributed by atoms with Crippen LogP contribution in [0.3, 0.4) is 0 Å². The highest BCUT2D eigenvalue weighted by Crippen LogP contribution is 2.37. The number of carbonyl (C=O) groups is 1. The van der Waals surface area contributed by atoms with Gasteiger partial charge in [0.1, 0.15) is 5.75 Å². The number of anilines is 1. The van der Waals surface area contributed by atoms with Gasteiger partial charge in [-0.3, -0.25) is 4.79 Å². The average Bonchev–Trinajstić information content (AvgIpc) is 2.63. The Morgan fingerprint density at radius 2 is 1.97 bits per heavy atom. The lowest BCUT2D eigenvalue weighted by atomic mass is 10.1. The number of rotatable bonds is 8. The van der Waals surface area contributed by atoms with Gasteiger partial charge in [0.15, 0.2) is 0 Å². The van der Waals surface area contributed by atoms with Gasteiger partial charge in [0.25, 0.3) is 5.91 Å². The first-order valence-electron chi connectivity index (χ1n) is 8.85. The Bertz CT molecular complexity index is 860. The second-order valence-corrected chi connectivity index (χ2v) is 7.90. The number of benzene rings is 2. The maximum absolute atomic E-state index is 13.1. The maximum atomic E-state index is 13.1. The van der Waals surface area contributed by atoms with E-state index in [9.17, 15) is 18.0 Å². The third-order valence-electron chi connectivity index (χ3n) is 3.86. The Morgan fingerprint density at radius 3 is 2.59 bits per heavy atom. The van der Waals surface area contributed by atoms with E-state index in [0.29, 0.717) is 18.0 Å². The van der Waals surface area contributed by atoms with Crippen molar-refractivity contribution >= 4 is 35.0 Å². The molecule has 29 heavy (non-hydrogen) atoms. The summed E-state index contributed by atoms with van der Waals surface area (Å²) in [7, 11) is 3.91. The molecule has 2 aromatic rings. The van der Waals surface area contributed by atoms with Gasteiger partial charge in [0, 0.05) is 22.8 Å². The molecule has 2 rings (SSSR count). The van der Waals surface area contributed by atoms with Crippen molar-refractivity contribution in [2.45, 2.75) is 18.0 Å². The molecule has 0 saturated carbocycles. The fourth-order valence-electron chi connectivity index (χ4n) is 2.44. The number of thioether (sulfide) groups is 1. The Balaban J connectivity index is 2.33. The standard InChI is InChI=1S/C20H22ClF3N2O2S/c1-4-28-16-6-5-7-17(29-11-10-26(2)3)18(16)25-19(27)13-8-9-15(21)14(12-13)20(22,23)24/h5-9,12H,4,10-11H2,1-3H3,(H,25,27). The summed E-state index contributed by atoms with van der Waals surface area (Å²) in [5.41, 5.74) is -0.755. The predicted octanol–water partition coefficient (Wildman–Crippen LogP) is 5.66. The molecule has 0 unspecified atom stereocenters. The molecule has 0 aliphatic carbocycles. The molecular formula is C20H22ClF3N2O2S. The van der Waals surface area contributed by atoms with Gasteiger partial charge in [0.05, 0.1) is 22.9 Å². The highest BCUT2D eigenvalue weighted by molar-refractivity contribution is 7.99. The number of amides is 1. The summed E-state index contributed by atoms with van der Waals surface area (Å²) in [5.74, 6) is 0.555. The molecular weight excluding hydrogens is 425 g/mol. The summed E-state index contributed by atoms with van der Waals surface area (Å²) < 4.78 is 44.9. The molecule has 0 bridgehead atoms. The molecule has 0 heterocycles. The van der Waals surface area contributed by atoms with Gasteiger partial charge in [-0.2, -0.15) is 13.2 Å². The van der Waals surface area contributed by atoms with E-state index in [-0.39, 0.29) is 5.56 Å². The predicted molar refractivity (Wildman–Crippen MR) is 111 cm³/mol. The van der Waals surface area contributed by atoms with E-state index < -0.39 is 22.7 Å². The van der Waals surface area contributed by atoms with Gasteiger partial charge in [0.2, 0.25) is 0 Å². The Morgan fingerprint density at radius 1 is 1.24 bits per heavy atom. The second-order valence-electron chi connectivity index (χ2n) is 6.36. The molecule has 0 atom stereocenters. The van der Waals surface area contributed by atoms with Crippen molar-refractivity contribution in [2.24, 2.45) is 0 Å². The number of nitrogens with one attached hydrogen (secondary N) is 1. The van der Waals surface area contributed by atoms with Gasteiger partial charge >= 0.3 is 6.18 Å². The van der Waals surface area contributed by atoms with E-state index in [2.05, 4.69) is 5.32 Å². The summed E-state index contributed by atoms with van der Waals surface area (Å²) >= 11 is 7.17. The highest BCUT2D eigenvalue weighted by atomic mass is 35.5. The third-order valence-corrected chi connectivity index (χ3v) is 5.22. The minimum Gasteiger partial charge on any atom is -0.492 e. The molecule has 4 nitrogen and oxygen atoms in total. The van der Waals surface area contributed by atoms with E-state index in [1.165, 1.54) is 17.8 Å². The van der Waals surface area contributed by atoms with Crippen molar-refractivity contribution in [3.8, 4) is 5.75 Å². The number of alkyl halides is 3. The van der Waals surface area contributed by atoms with Crippen molar-refractivity contribution in [3.05, 3.63) is 52.5 Å². The van der Waals surface area contributed by atoms with Crippen LogP contribution in [0.4, 0.5) is 18.9 Å². The molecule has 0 radical (unpaired) electrons. The monoisotopic (exact) mass is 446 g/mol. The summed E-state index contributed by atoms with van der Waals surface area (Å²) in [5, 5.41) is 2.25. The zero-order valence-electron chi connectivity index (χ0n) is 16.3. The number of nitrogens with zero attached hydrogens (tertiary/aromatic N) is 1. The summed E-state index contributed by atoms with van der Waals surface area (Å²) in [6.07, 6.45) is -4.65. The molecule has 0 spiro atoms. The van der Waals surface area contributed by atoms with Crippen LogP contribution in [-0.2, 0) is 6.18 Å². The fourth-order valence-corrected chi connectivity index (χ4v) is 3.81. The van der Waals surface area contributed by atoms with Crippen molar-refractivity contribution in [2.75, 3.05) is 38.3 Å². The van der Waals surface area contributed by atoms with Crippen molar-refractivity contribution in [1.82, 2.24) is 4.90 Å². The molecule has 0 saturated heterocycles. The van der Waals surface area contributed by atoms with Crippen LogP contribution in [0, 0.1) is 0 Å². The second kappa shape index (κ2) is 10.2. The van der Waals surface area contributed by atoms with Gasteiger partial charge in [-0.1, -0.05) is 17.7 Å². The van der Waals surface area contributed by atoms with Crippen LogP contribution in [0.2, 0.25) is 5.02 Å². The number of carbonyl (C=O) groups excluding carboxylic acids is 1. The van der Waals surface area contributed by atoms with Crippen LogP contribution in [0.25, 0.3) is 0 Å². The fraction of sp³-hybridized carbons (Fsp3) is 0.350. The Hall–Kier alpha value is -1.90. The van der Waals surface area contributed by atoms with Crippen molar-refractivity contribution in [3.63, 3.8) is 0 Å². The minimum absolute atomic E-state index is 0.141. The molecule has 0 fully saturated rings. The molecule has 0 aliphatic heterocycles. The van der Waals surface area contributed by atoms with Gasteiger partial charge in [-0.25, -0.2) is 0 Å². The zero-order valence-corrected chi connectivity index (χ0v) is 17.8. The third kappa shape index (κ3) is 6.55. The van der Waals surface area contributed by atoms with Crippen LogP contribution in [0.15, 0.2) is 41.3 Å². The highest BCUT2D eigenvalue weighted by Gasteiger charge is 2.34. The lowest BCUT2D eigenvalue weighted by Gasteiger charge is -2.17. The largest absolute Gasteiger partial charge is 0.492 e. The van der Waals surface area contributed by atoms with E-state index in [0.717, 1.165) is 29.3 Å². The van der Waals surface area contributed by atoms with Crippen LogP contribution < -0.4 is 10.1 Å². The molecule has 1 N–H and O–H groups in total. The molecule has 158 valence electrons. The first-order valence-corrected chi connectivity index (χ1v) is 10.2. The topological polar surface area (TPSA) is 41.6 Å². The summed E-state index contributed by atoms with van der Waals surface area (Å²) in [6.45, 7) is 3.02. The van der Waals surface area contributed by atoms with E-state index >= 15 is 0 Å². The van der Waals surface area contributed by atoms with Crippen LogP contribution in [0.5, 0.6) is 5.75 Å². The number of hydrogen-bond acceptors (Lipinski definition) is 4. The van der Waals surface area contributed by atoms with Crippen molar-refractivity contribution < 1.29 is 22.7 Å². The minimum atomic E-state index is -4.65.